The molecule has 0 saturated heterocycles. The van der Waals surface area contributed by atoms with Crippen molar-refractivity contribution >= 4 is 11.6 Å². The molecule has 0 amide bonds. The van der Waals surface area contributed by atoms with Crippen molar-refractivity contribution in [3.63, 3.8) is 0 Å². The van der Waals surface area contributed by atoms with Gasteiger partial charge in [-0.25, -0.2) is 4.98 Å². The van der Waals surface area contributed by atoms with E-state index in [2.05, 4.69) is 9.97 Å². The number of H-pyrrole nitrogens is 1. The van der Waals surface area contributed by atoms with Crippen LogP contribution in [0, 0.1) is 0 Å². The molecule has 4 heteroatoms. The van der Waals surface area contributed by atoms with Crippen molar-refractivity contribution in [3.8, 4) is 11.3 Å². The molecule has 1 aromatic heterocycles. The molecule has 0 unspecified atom stereocenters. The molecule has 0 bridgehead atoms. The Morgan fingerprint density at radius 3 is 2.88 bits per heavy atom. The van der Waals surface area contributed by atoms with Crippen molar-refractivity contribution in [2.75, 3.05) is 0 Å². The highest BCUT2D eigenvalue weighted by Crippen LogP contribution is 2.37. The molecule has 0 fully saturated rings. The highest BCUT2D eigenvalue weighted by molar-refractivity contribution is 6.30. The smallest absolute Gasteiger partial charge is 0.126 e. The Balaban J connectivity index is 2.13. The molecule has 3 nitrogen and oxygen atoms in total. The van der Waals surface area contributed by atoms with Gasteiger partial charge in [0.15, 0.2) is 0 Å². The summed E-state index contributed by atoms with van der Waals surface area (Å²) in [7, 11) is 0. The van der Waals surface area contributed by atoms with Crippen molar-refractivity contribution in [2.24, 2.45) is 5.73 Å². The molecule has 0 atom stereocenters. The van der Waals surface area contributed by atoms with Gasteiger partial charge >= 0.3 is 0 Å². The summed E-state index contributed by atoms with van der Waals surface area (Å²) in [5.74, 6) is 0.836. The van der Waals surface area contributed by atoms with E-state index < -0.39 is 5.54 Å². The Kier molecular flexibility index (Phi) is 2.12. The molecule has 0 spiro atoms. The zero-order chi connectivity index (χ0) is 12.2. The third kappa shape index (κ3) is 1.66. The normalized spacial score (nSPS) is 13.6. The summed E-state index contributed by atoms with van der Waals surface area (Å²) in [5.41, 5.74) is 10.2. The van der Waals surface area contributed by atoms with E-state index in [1.807, 2.05) is 32.0 Å². The van der Waals surface area contributed by atoms with Gasteiger partial charge in [0.05, 0.1) is 11.2 Å². The number of imidazole rings is 1. The van der Waals surface area contributed by atoms with E-state index in [1.54, 1.807) is 0 Å². The van der Waals surface area contributed by atoms with Gasteiger partial charge in [0.1, 0.15) is 5.82 Å². The summed E-state index contributed by atoms with van der Waals surface area (Å²) < 4.78 is 0. The first kappa shape index (κ1) is 10.8. The molecule has 0 radical (unpaired) electrons. The molecular weight excluding hydrogens is 234 g/mol. The zero-order valence-electron chi connectivity index (χ0n) is 9.84. The van der Waals surface area contributed by atoms with Crippen LogP contribution < -0.4 is 5.73 Å². The summed E-state index contributed by atoms with van der Waals surface area (Å²) >= 11 is 5.99. The van der Waals surface area contributed by atoms with Crippen LogP contribution in [0.3, 0.4) is 0 Å². The number of benzene rings is 1. The molecule has 17 heavy (non-hydrogen) atoms. The van der Waals surface area contributed by atoms with Crippen LogP contribution in [0.25, 0.3) is 11.3 Å². The summed E-state index contributed by atoms with van der Waals surface area (Å²) in [6.07, 6.45) is 0.855. The SMILES string of the molecule is CC(C)(N)c1nc2c([nH]1)Cc1cc(Cl)ccc1-2. The standard InChI is InChI=1S/C13H14ClN3/c1-13(2,15)12-16-10-6-7-5-8(14)3-4-9(7)11(10)17-12/h3-5H,6,15H2,1-2H3,(H,16,17). The van der Waals surface area contributed by atoms with Gasteiger partial charge in [-0.1, -0.05) is 17.7 Å². The van der Waals surface area contributed by atoms with Crippen LogP contribution in [0.4, 0.5) is 0 Å². The van der Waals surface area contributed by atoms with E-state index >= 15 is 0 Å². The van der Waals surface area contributed by atoms with Gasteiger partial charge < -0.3 is 10.7 Å². The Morgan fingerprint density at radius 1 is 1.41 bits per heavy atom. The fraction of sp³-hybridized carbons (Fsp3) is 0.308. The maximum atomic E-state index is 6.05. The van der Waals surface area contributed by atoms with Gasteiger partial charge in [0.2, 0.25) is 0 Å². The highest BCUT2D eigenvalue weighted by Gasteiger charge is 2.27. The number of hydrogen-bond donors (Lipinski definition) is 2. The summed E-state index contributed by atoms with van der Waals surface area (Å²) in [6, 6.07) is 5.93. The van der Waals surface area contributed by atoms with Crippen LogP contribution in [0.2, 0.25) is 5.02 Å². The van der Waals surface area contributed by atoms with E-state index in [9.17, 15) is 0 Å². The van der Waals surface area contributed by atoms with Crippen LogP contribution in [0.5, 0.6) is 0 Å². The lowest BCUT2D eigenvalue weighted by Gasteiger charge is -2.14. The predicted molar refractivity (Wildman–Crippen MR) is 69.1 cm³/mol. The Bertz CT molecular complexity index is 593. The van der Waals surface area contributed by atoms with Gasteiger partial charge in [-0.15, -0.1) is 0 Å². The number of halogens is 1. The molecule has 88 valence electrons. The third-order valence-electron chi connectivity index (χ3n) is 3.08. The summed E-state index contributed by atoms with van der Waals surface area (Å²) in [4.78, 5) is 7.93. The lowest BCUT2D eigenvalue weighted by Crippen LogP contribution is -2.30. The summed E-state index contributed by atoms with van der Waals surface area (Å²) in [6.45, 7) is 3.90. The molecule has 2 aromatic rings. The predicted octanol–water partition coefficient (Wildman–Crippen LogP) is 2.83. The number of fused-ring (bicyclic) bond motifs is 3. The van der Waals surface area contributed by atoms with Crippen LogP contribution in [0.15, 0.2) is 18.2 Å². The second-order valence-corrected chi connectivity index (χ2v) is 5.55. The van der Waals surface area contributed by atoms with Gasteiger partial charge in [0.25, 0.3) is 0 Å². The maximum Gasteiger partial charge on any atom is 0.126 e. The van der Waals surface area contributed by atoms with Gasteiger partial charge in [-0.3, -0.25) is 0 Å². The minimum Gasteiger partial charge on any atom is -0.344 e. The zero-order valence-corrected chi connectivity index (χ0v) is 10.6. The lowest BCUT2D eigenvalue weighted by atomic mass is 10.1. The first-order valence-corrected chi connectivity index (χ1v) is 6.00. The Morgan fingerprint density at radius 2 is 2.18 bits per heavy atom. The molecule has 0 aliphatic heterocycles. The molecule has 1 aliphatic carbocycles. The molecule has 1 aliphatic rings. The molecule has 0 saturated carbocycles. The number of nitrogens with zero attached hydrogens (tertiary/aromatic N) is 1. The van der Waals surface area contributed by atoms with E-state index in [4.69, 9.17) is 17.3 Å². The third-order valence-corrected chi connectivity index (χ3v) is 3.31. The van der Waals surface area contributed by atoms with E-state index in [1.165, 1.54) is 5.56 Å². The van der Waals surface area contributed by atoms with Crippen LogP contribution >= 0.6 is 11.6 Å². The van der Waals surface area contributed by atoms with E-state index in [0.717, 1.165) is 34.2 Å². The number of aromatic nitrogens is 2. The van der Waals surface area contributed by atoms with Crippen molar-refractivity contribution in [2.45, 2.75) is 25.8 Å². The van der Waals surface area contributed by atoms with E-state index in [0.29, 0.717) is 0 Å². The average molecular weight is 248 g/mol. The largest absolute Gasteiger partial charge is 0.344 e. The molecule has 3 N–H and O–H groups in total. The van der Waals surface area contributed by atoms with Gasteiger partial charge in [-0.05, 0) is 31.5 Å². The molecular formula is C13H14ClN3. The monoisotopic (exact) mass is 247 g/mol. The topological polar surface area (TPSA) is 54.7 Å². The van der Waals surface area contributed by atoms with Gasteiger partial charge in [-0.2, -0.15) is 0 Å². The number of hydrogen-bond acceptors (Lipinski definition) is 2. The Hall–Kier alpha value is -1.32. The van der Waals surface area contributed by atoms with Crippen LogP contribution in [-0.4, -0.2) is 9.97 Å². The second-order valence-electron chi connectivity index (χ2n) is 5.11. The summed E-state index contributed by atoms with van der Waals surface area (Å²) in [5, 5.41) is 0.772. The van der Waals surface area contributed by atoms with Crippen molar-refractivity contribution in [1.82, 2.24) is 9.97 Å². The highest BCUT2D eigenvalue weighted by atomic mass is 35.5. The second kappa shape index (κ2) is 3.34. The van der Waals surface area contributed by atoms with Crippen LogP contribution in [-0.2, 0) is 12.0 Å². The van der Waals surface area contributed by atoms with Gasteiger partial charge in [0, 0.05) is 22.7 Å². The van der Waals surface area contributed by atoms with Crippen molar-refractivity contribution in [3.05, 3.63) is 40.3 Å². The number of nitrogens with one attached hydrogen (secondary N) is 1. The number of nitrogens with two attached hydrogens (primary N) is 1. The number of rotatable bonds is 1. The quantitative estimate of drug-likeness (QED) is 0.695. The van der Waals surface area contributed by atoms with Crippen LogP contribution in [0.1, 0.15) is 30.9 Å². The Labute approximate surface area is 105 Å². The lowest BCUT2D eigenvalue weighted by molar-refractivity contribution is 0.519. The van der Waals surface area contributed by atoms with Crippen molar-refractivity contribution in [1.29, 1.82) is 0 Å². The molecule has 1 aromatic carbocycles. The minimum atomic E-state index is -0.434. The average Bonchev–Trinajstić information content (AvgIpc) is 2.72. The van der Waals surface area contributed by atoms with E-state index in [-0.39, 0.29) is 0 Å². The fourth-order valence-corrected chi connectivity index (χ4v) is 2.39. The number of aromatic amines is 1. The first-order chi connectivity index (χ1) is 7.95. The molecule has 1 heterocycles. The minimum absolute atomic E-state index is 0.434. The maximum absolute atomic E-state index is 6.05. The molecule has 3 rings (SSSR count). The fourth-order valence-electron chi connectivity index (χ4n) is 2.20. The first-order valence-electron chi connectivity index (χ1n) is 5.62. The van der Waals surface area contributed by atoms with Crippen molar-refractivity contribution < 1.29 is 0 Å².